The van der Waals surface area contributed by atoms with Crippen molar-refractivity contribution in [3.05, 3.63) is 88.0 Å². The summed E-state index contributed by atoms with van der Waals surface area (Å²) >= 11 is 20.9. The van der Waals surface area contributed by atoms with E-state index in [1.54, 1.807) is 44.6 Å². The zero-order chi connectivity index (χ0) is 36.6. The van der Waals surface area contributed by atoms with Gasteiger partial charge < -0.3 is 19.3 Å². The lowest BCUT2D eigenvalue weighted by Crippen LogP contribution is -2.60. The summed E-state index contributed by atoms with van der Waals surface area (Å²) in [6.07, 6.45) is 5.64. The van der Waals surface area contributed by atoms with Gasteiger partial charge in [0.25, 0.3) is 11.8 Å². The summed E-state index contributed by atoms with van der Waals surface area (Å²) in [7, 11) is 5.84. The molecule has 0 bridgehead atoms. The van der Waals surface area contributed by atoms with Gasteiger partial charge in [-0.15, -0.1) is 23.2 Å². The highest BCUT2D eigenvalue weighted by molar-refractivity contribution is 6.53. The first kappa shape index (κ1) is 34.9. The molecule has 0 radical (unpaired) electrons. The first-order valence-electron chi connectivity index (χ1n) is 16.1. The average molecular weight is 752 g/mol. The van der Waals surface area contributed by atoms with Gasteiger partial charge in [0.15, 0.2) is 21.2 Å². The molecule has 264 valence electrons. The number of hydrogen-bond donors (Lipinski definition) is 1. The molecule has 2 aliphatic heterocycles. The maximum absolute atomic E-state index is 14.4. The van der Waals surface area contributed by atoms with Crippen molar-refractivity contribution in [1.82, 2.24) is 4.90 Å². The van der Waals surface area contributed by atoms with Gasteiger partial charge in [-0.3, -0.25) is 29.0 Å². The highest BCUT2D eigenvalue weighted by Gasteiger charge is 2.76. The van der Waals surface area contributed by atoms with Gasteiger partial charge in [0.2, 0.25) is 11.8 Å². The van der Waals surface area contributed by atoms with Crippen LogP contribution in [0.1, 0.15) is 35.4 Å². The molecule has 0 unspecified atom stereocenters. The molecular weight excluding hydrogens is 719 g/mol. The molecule has 2 aliphatic carbocycles. The van der Waals surface area contributed by atoms with E-state index in [2.05, 4.69) is 0 Å². The fraction of sp³-hybridized carbons (Fsp3) is 0.316. The van der Waals surface area contributed by atoms with Crippen LogP contribution < -0.4 is 19.1 Å². The molecule has 1 saturated carbocycles. The van der Waals surface area contributed by atoms with Crippen molar-refractivity contribution in [2.45, 2.75) is 28.5 Å². The van der Waals surface area contributed by atoms with Gasteiger partial charge in [-0.1, -0.05) is 47.5 Å². The Hall–Kier alpha value is -4.51. The van der Waals surface area contributed by atoms with Gasteiger partial charge in [0, 0.05) is 18.5 Å². The van der Waals surface area contributed by atoms with E-state index in [-0.39, 0.29) is 35.3 Å². The molecule has 13 heteroatoms. The summed E-state index contributed by atoms with van der Waals surface area (Å²) in [5, 5.41) is 10.4. The van der Waals surface area contributed by atoms with Crippen LogP contribution in [-0.4, -0.2) is 71.8 Å². The van der Waals surface area contributed by atoms with Crippen molar-refractivity contribution in [3.8, 4) is 23.0 Å². The van der Waals surface area contributed by atoms with Crippen molar-refractivity contribution in [3.63, 3.8) is 0 Å². The first-order valence-corrected chi connectivity index (χ1v) is 17.3. The zero-order valence-corrected chi connectivity index (χ0v) is 30.3. The van der Waals surface area contributed by atoms with Crippen LogP contribution in [0.4, 0.5) is 5.69 Å². The smallest absolute Gasteiger partial charge is 0.253 e. The number of benzene rings is 3. The number of carbonyl (C=O) groups excluding carboxylic acids is 4. The largest absolute Gasteiger partial charge is 0.503 e. The molecule has 3 fully saturated rings. The molecule has 51 heavy (non-hydrogen) atoms. The first-order chi connectivity index (χ1) is 24.3. The minimum atomic E-state index is -2.00. The fourth-order valence-electron chi connectivity index (χ4n) is 8.18. The third-order valence-electron chi connectivity index (χ3n) is 10.7. The van der Waals surface area contributed by atoms with E-state index in [9.17, 15) is 24.3 Å². The highest BCUT2D eigenvalue weighted by Crippen LogP contribution is 2.65. The third kappa shape index (κ3) is 5.05. The maximum Gasteiger partial charge on any atom is 0.253 e. The van der Waals surface area contributed by atoms with Gasteiger partial charge in [-0.05, 0) is 72.4 Å². The average Bonchev–Trinajstić information content (AvgIpc) is 3.46. The van der Waals surface area contributed by atoms with Gasteiger partial charge in [0.1, 0.15) is 11.5 Å². The lowest BCUT2D eigenvalue weighted by molar-refractivity contribution is -0.138. The number of imide groups is 2. The number of allylic oxidation sites excluding steroid dienone is 2. The van der Waals surface area contributed by atoms with E-state index in [0.29, 0.717) is 28.3 Å². The quantitative estimate of drug-likeness (QED) is 0.127. The molecule has 4 aliphatic rings. The monoisotopic (exact) mass is 750 g/mol. The summed E-state index contributed by atoms with van der Waals surface area (Å²) in [5.74, 6) is -4.50. The van der Waals surface area contributed by atoms with E-state index in [1.165, 1.54) is 31.2 Å². The van der Waals surface area contributed by atoms with E-state index in [0.717, 1.165) is 16.0 Å². The molecule has 1 N–H and O–H groups in total. The van der Waals surface area contributed by atoms with Crippen molar-refractivity contribution in [2.24, 2.45) is 17.8 Å². The highest BCUT2D eigenvalue weighted by atomic mass is 35.5. The van der Waals surface area contributed by atoms with Crippen LogP contribution in [0.5, 0.6) is 23.0 Å². The molecule has 10 nitrogen and oxygen atoms in total. The molecule has 3 aromatic carbocycles. The number of alkyl halides is 2. The van der Waals surface area contributed by atoms with Gasteiger partial charge in [-0.2, -0.15) is 0 Å². The summed E-state index contributed by atoms with van der Waals surface area (Å²) in [4.78, 5) is 54.1. The van der Waals surface area contributed by atoms with E-state index < -0.39 is 51.1 Å². The van der Waals surface area contributed by atoms with Gasteiger partial charge in [-0.25, -0.2) is 0 Å². The van der Waals surface area contributed by atoms with Gasteiger partial charge in [0.05, 0.1) is 43.9 Å². The number of rotatable bonds is 7. The molecule has 0 aromatic heterocycles. The second-order valence-electron chi connectivity index (χ2n) is 13.1. The molecule has 0 spiro atoms. The van der Waals surface area contributed by atoms with E-state index >= 15 is 0 Å². The standard InChI is InChI=1S/C38H33Cl3N2O8/c1-42-35(47)37(40)18-26-24(31(38(37,41)36(42)48)21-16-27(39)32(44)29(17-21)51-4)12-13-25-30(26)34(46)43(33(25)45)22-9-6-19(7-10-22)5-8-20-15-23(49-2)11-14-28(20)50-3/h5-12,14-17,25-26,30-31,44H,13,18H2,1-4H3/t25-,26+,30-,31-,37+,38-/m0/s1. The van der Waals surface area contributed by atoms with Crippen LogP contribution >= 0.6 is 34.8 Å². The molecule has 7 rings (SSSR count). The number of ether oxygens (including phenoxy) is 3. The van der Waals surface area contributed by atoms with Crippen LogP contribution in [0, 0.1) is 17.8 Å². The summed E-state index contributed by atoms with van der Waals surface area (Å²) in [6, 6.07) is 15.4. The van der Waals surface area contributed by atoms with E-state index in [1.807, 2.05) is 30.4 Å². The van der Waals surface area contributed by atoms with Crippen LogP contribution in [-0.2, 0) is 19.2 Å². The summed E-state index contributed by atoms with van der Waals surface area (Å²) < 4.78 is 16.1. The van der Waals surface area contributed by atoms with E-state index in [4.69, 9.17) is 49.0 Å². The topological polar surface area (TPSA) is 123 Å². The number of methoxy groups -OCH3 is 3. The Kier molecular flexibility index (Phi) is 8.64. The summed E-state index contributed by atoms with van der Waals surface area (Å²) in [6.45, 7) is 0. The number of amides is 4. The number of anilines is 1. The molecule has 2 saturated heterocycles. The Bertz CT molecular complexity index is 2070. The number of likely N-dealkylation sites (tertiary alicyclic amines) is 1. The molecule has 2 heterocycles. The Morgan fingerprint density at radius 2 is 1.55 bits per heavy atom. The SMILES string of the molecule is COc1ccc(OC)c(C=Cc2ccc(N3C(=O)[C@H]4[C@H](CC=C5[C@H]4C[C@@]4(Cl)C(=O)N(C)C(=O)[C@@]4(Cl)[C@H]5c4cc(Cl)c(O)c(OC)c4)C3=O)cc2)c1. The lowest BCUT2D eigenvalue weighted by atomic mass is 9.56. The van der Waals surface area contributed by atoms with Crippen molar-refractivity contribution in [2.75, 3.05) is 33.3 Å². The maximum atomic E-state index is 14.4. The fourth-order valence-corrected chi connectivity index (χ4v) is 9.42. The van der Waals surface area contributed by atoms with Crippen LogP contribution in [0.3, 0.4) is 0 Å². The minimum absolute atomic E-state index is 0.0266. The number of nitrogens with zero attached hydrogens (tertiary/aromatic N) is 2. The predicted molar refractivity (Wildman–Crippen MR) is 193 cm³/mol. The molecular formula is C38H33Cl3N2O8. The van der Waals surface area contributed by atoms with Crippen LogP contribution in [0.25, 0.3) is 12.2 Å². The van der Waals surface area contributed by atoms with Crippen molar-refractivity contribution >= 4 is 76.3 Å². The van der Waals surface area contributed by atoms with Crippen molar-refractivity contribution < 1.29 is 38.5 Å². The normalized spacial score (nSPS) is 28.5. The Morgan fingerprint density at radius 3 is 2.22 bits per heavy atom. The number of phenols is 1. The predicted octanol–water partition coefficient (Wildman–Crippen LogP) is 6.44. The molecule has 6 atom stereocenters. The number of hydrogen-bond acceptors (Lipinski definition) is 8. The zero-order valence-electron chi connectivity index (χ0n) is 28.0. The van der Waals surface area contributed by atoms with Crippen LogP contribution in [0.15, 0.2) is 66.2 Å². The second-order valence-corrected chi connectivity index (χ2v) is 14.7. The minimum Gasteiger partial charge on any atom is -0.503 e. The number of halogens is 3. The molecule has 3 aromatic rings. The molecule has 4 amide bonds. The number of phenolic OH excluding ortho intramolecular Hbond substituents is 1. The Balaban J connectivity index is 1.24. The van der Waals surface area contributed by atoms with Gasteiger partial charge >= 0.3 is 0 Å². The summed E-state index contributed by atoms with van der Waals surface area (Å²) in [5.41, 5.74) is 2.99. The van der Waals surface area contributed by atoms with Crippen molar-refractivity contribution in [1.29, 1.82) is 0 Å². The van der Waals surface area contributed by atoms with Crippen LogP contribution in [0.2, 0.25) is 5.02 Å². The number of aromatic hydroxyl groups is 1. The Morgan fingerprint density at radius 1 is 0.843 bits per heavy atom. The number of carbonyl (C=O) groups is 4. The third-order valence-corrected chi connectivity index (χ3v) is 12.4. The Labute approximate surface area is 309 Å². The second kappa shape index (κ2) is 12.6. The number of fused-ring (bicyclic) bond motifs is 4. The lowest BCUT2D eigenvalue weighted by Gasteiger charge is -2.50.